The van der Waals surface area contributed by atoms with E-state index in [2.05, 4.69) is 15.6 Å². The third-order valence-corrected chi connectivity index (χ3v) is 6.22. The summed E-state index contributed by atoms with van der Waals surface area (Å²) in [5, 5.41) is 11.2. The molecule has 2 aromatic carbocycles. The van der Waals surface area contributed by atoms with Gasteiger partial charge in [-0.15, -0.1) is 5.10 Å². The summed E-state index contributed by atoms with van der Waals surface area (Å²) in [5.74, 6) is -0.827. The fourth-order valence-corrected chi connectivity index (χ4v) is 4.49. The zero-order chi connectivity index (χ0) is 24.0. The average molecular weight is 464 g/mol. The van der Waals surface area contributed by atoms with Gasteiger partial charge >= 0.3 is 0 Å². The van der Waals surface area contributed by atoms with E-state index in [0.29, 0.717) is 38.1 Å². The number of fused-ring (bicyclic) bond motifs is 1. The monoisotopic (exact) mass is 463 g/mol. The molecule has 0 unspecified atom stereocenters. The van der Waals surface area contributed by atoms with Crippen molar-refractivity contribution in [1.29, 1.82) is 0 Å². The number of ether oxygens (including phenoxy) is 1. The van der Waals surface area contributed by atoms with Crippen molar-refractivity contribution >= 4 is 28.8 Å². The molecule has 9 nitrogen and oxygen atoms in total. The molecule has 0 radical (unpaired) electrons. The summed E-state index contributed by atoms with van der Waals surface area (Å²) >= 11 is 0. The molecule has 1 saturated heterocycles. The van der Waals surface area contributed by atoms with Gasteiger partial charge in [0, 0.05) is 46.2 Å². The maximum atomic E-state index is 13.4. The number of para-hydroxylation sites is 1. The van der Waals surface area contributed by atoms with Crippen LogP contribution in [-0.4, -0.2) is 64.4 Å². The van der Waals surface area contributed by atoms with Gasteiger partial charge in [-0.3, -0.25) is 19.3 Å². The Morgan fingerprint density at radius 1 is 1.06 bits per heavy atom. The molecule has 1 aliphatic heterocycles. The Morgan fingerprint density at radius 3 is 2.62 bits per heavy atom. The second-order valence-corrected chi connectivity index (χ2v) is 8.50. The molecule has 1 aromatic heterocycles. The van der Waals surface area contributed by atoms with Crippen molar-refractivity contribution < 1.29 is 19.1 Å². The number of amides is 3. The molecule has 0 bridgehead atoms. The maximum Gasteiger partial charge on any atom is 0.240 e. The average Bonchev–Trinajstić information content (AvgIpc) is 3.37. The lowest BCUT2D eigenvalue weighted by Crippen LogP contribution is -2.43. The number of aryl methyl sites for hydroxylation is 1. The molecule has 1 aliphatic rings. The van der Waals surface area contributed by atoms with Crippen LogP contribution in [0.1, 0.15) is 31.2 Å². The van der Waals surface area contributed by atoms with Crippen LogP contribution in [0.3, 0.4) is 0 Å². The van der Waals surface area contributed by atoms with Gasteiger partial charge in [-0.1, -0.05) is 47.7 Å². The zero-order valence-corrected chi connectivity index (χ0v) is 19.3. The van der Waals surface area contributed by atoms with E-state index >= 15 is 0 Å². The van der Waals surface area contributed by atoms with Gasteiger partial charge in [0.1, 0.15) is 5.52 Å². The number of imide groups is 1. The standard InChI is InChI=1S/C25H29N5O4/c1-34-16-8-14-29-23(32)18-25(24(29)33,19-9-3-2-4-10-19)17-22(31)26-13-7-15-30-21-12-6-5-11-20(21)27-28-30/h2-6,9-12H,7-8,13-18H2,1H3,(H,26,31)/t25-/m0/s1. The second-order valence-electron chi connectivity index (χ2n) is 8.50. The van der Waals surface area contributed by atoms with Gasteiger partial charge in [-0.25, -0.2) is 4.68 Å². The largest absolute Gasteiger partial charge is 0.385 e. The summed E-state index contributed by atoms with van der Waals surface area (Å²) < 4.78 is 6.86. The molecule has 4 rings (SSSR count). The van der Waals surface area contributed by atoms with Gasteiger partial charge in [0.25, 0.3) is 0 Å². The van der Waals surface area contributed by atoms with Crippen molar-refractivity contribution in [3.63, 3.8) is 0 Å². The number of nitrogens with zero attached hydrogens (tertiary/aromatic N) is 4. The molecule has 0 saturated carbocycles. The van der Waals surface area contributed by atoms with E-state index in [0.717, 1.165) is 11.0 Å². The molecular weight excluding hydrogens is 434 g/mol. The first-order valence-electron chi connectivity index (χ1n) is 11.5. The number of carbonyl (C=O) groups excluding carboxylic acids is 3. The number of benzene rings is 2. The first-order valence-corrected chi connectivity index (χ1v) is 11.5. The van der Waals surface area contributed by atoms with Crippen LogP contribution in [0.5, 0.6) is 0 Å². The number of nitrogens with one attached hydrogen (secondary N) is 1. The SMILES string of the molecule is COCCCN1C(=O)C[C@@](CC(=O)NCCCn2nnc3ccccc32)(c2ccccc2)C1=O. The molecule has 34 heavy (non-hydrogen) atoms. The smallest absolute Gasteiger partial charge is 0.240 e. The molecule has 178 valence electrons. The first kappa shape index (κ1) is 23.6. The van der Waals surface area contributed by atoms with Gasteiger partial charge in [-0.2, -0.15) is 0 Å². The predicted molar refractivity (Wildman–Crippen MR) is 126 cm³/mol. The highest BCUT2D eigenvalue weighted by Crippen LogP contribution is 2.39. The van der Waals surface area contributed by atoms with E-state index in [9.17, 15) is 14.4 Å². The van der Waals surface area contributed by atoms with Crippen LogP contribution >= 0.6 is 0 Å². The fourth-order valence-electron chi connectivity index (χ4n) is 4.49. The molecule has 3 amide bonds. The summed E-state index contributed by atoms with van der Waals surface area (Å²) in [6.07, 6.45) is 1.13. The number of methoxy groups -OCH3 is 1. The van der Waals surface area contributed by atoms with E-state index in [1.165, 1.54) is 4.90 Å². The topological polar surface area (TPSA) is 106 Å². The molecule has 1 N–H and O–H groups in total. The summed E-state index contributed by atoms with van der Waals surface area (Å²) in [6, 6.07) is 16.8. The van der Waals surface area contributed by atoms with Gasteiger partial charge in [0.15, 0.2) is 0 Å². The van der Waals surface area contributed by atoms with Crippen LogP contribution in [0.25, 0.3) is 11.0 Å². The first-order chi connectivity index (χ1) is 16.5. The fraction of sp³-hybridized carbons (Fsp3) is 0.400. The van der Waals surface area contributed by atoms with Crippen LogP contribution in [0, 0.1) is 0 Å². The van der Waals surface area contributed by atoms with Crippen molar-refractivity contribution in [3.8, 4) is 0 Å². The van der Waals surface area contributed by atoms with Gasteiger partial charge in [-0.05, 0) is 30.5 Å². The van der Waals surface area contributed by atoms with E-state index in [-0.39, 0.29) is 37.1 Å². The van der Waals surface area contributed by atoms with E-state index in [1.54, 1.807) is 7.11 Å². The quantitative estimate of drug-likeness (QED) is 0.345. The van der Waals surface area contributed by atoms with Gasteiger partial charge in [0.2, 0.25) is 17.7 Å². The lowest BCUT2D eigenvalue weighted by atomic mass is 9.75. The molecule has 2 heterocycles. The van der Waals surface area contributed by atoms with Gasteiger partial charge < -0.3 is 10.1 Å². The minimum absolute atomic E-state index is 0.0127. The Kier molecular flexibility index (Phi) is 7.32. The maximum absolute atomic E-state index is 13.4. The molecule has 0 aliphatic carbocycles. The van der Waals surface area contributed by atoms with E-state index in [4.69, 9.17) is 4.74 Å². The van der Waals surface area contributed by atoms with Crippen LogP contribution in [0.4, 0.5) is 0 Å². The van der Waals surface area contributed by atoms with Crippen molar-refractivity contribution in [1.82, 2.24) is 25.2 Å². The number of hydrogen-bond acceptors (Lipinski definition) is 6. The van der Waals surface area contributed by atoms with Crippen LogP contribution < -0.4 is 5.32 Å². The summed E-state index contributed by atoms with van der Waals surface area (Å²) in [6.45, 7) is 1.78. The molecule has 9 heteroatoms. The van der Waals surface area contributed by atoms with Crippen LogP contribution in [0.2, 0.25) is 0 Å². The summed E-state index contributed by atoms with van der Waals surface area (Å²) in [7, 11) is 1.58. The highest BCUT2D eigenvalue weighted by atomic mass is 16.5. The number of likely N-dealkylation sites (tertiary alicyclic amines) is 1. The minimum Gasteiger partial charge on any atom is -0.385 e. The van der Waals surface area contributed by atoms with E-state index < -0.39 is 5.41 Å². The Morgan fingerprint density at radius 2 is 1.82 bits per heavy atom. The number of hydrogen-bond donors (Lipinski definition) is 1. The molecule has 3 aromatic rings. The Bertz CT molecular complexity index is 1160. The lowest BCUT2D eigenvalue weighted by molar-refractivity contribution is -0.141. The third kappa shape index (κ3) is 4.84. The van der Waals surface area contributed by atoms with Gasteiger partial charge in [0.05, 0.1) is 10.9 Å². The molecule has 1 fully saturated rings. The number of rotatable bonds is 11. The Labute approximate surface area is 198 Å². The Hall–Kier alpha value is -3.59. The van der Waals surface area contributed by atoms with Crippen molar-refractivity contribution in [3.05, 3.63) is 60.2 Å². The van der Waals surface area contributed by atoms with Crippen LogP contribution in [0.15, 0.2) is 54.6 Å². The summed E-state index contributed by atoms with van der Waals surface area (Å²) in [4.78, 5) is 40.4. The summed E-state index contributed by atoms with van der Waals surface area (Å²) in [5.41, 5.74) is 1.28. The highest BCUT2D eigenvalue weighted by Gasteiger charge is 2.53. The zero-order valence-electron chi connectivity index (χ0n) is 19.3. The van der Waals surface area contributed by atoms with Crippen molar-refractivity contribution in [2.24, 2.45) is 0 Å². The molecule has 1 atom stereocenters. The predicted octanol–water partition coefficient (Wildman–Crippen LogP) is 2.06. The third-order valence-electron chi connectivity index (χ3n) is 6.22. The highest BCUT2D eigenvalue weighted by molar-refractivity contribution is 6.10. The lowest BCUT2D eigenvalue weighted by Gasteiger charge is -2.27. The van der Waals surface area contributed by atoms with Crippen molar-refractivity contribution in [2.45, 2.75) is 37.6 Å². The normalized spacial score (nSPS) is 18.1. The van der Waals surface area contributed by atoms with E-state index in [1.807, 2.05) is 59.3 Å². The molecule has 0 spiro atoms. The number of carbonyl (C=O) groups is 3. The molecular formula is C25H29N5O4. The van der Waals surface area contributed by atoms with Crippen LogP contribution in [-0.2, 0) is 31.1 Å². The van der Waals surface area contributed by atoms with Crippen molar-refractivity contribution in [2.75, 3.05) is 26.8 Å². The second kappa shape index (κ2) is 10.6. The minimum atomic E-state index is -1.18. The number of aromatic nitrogens is 3. The Balaban J connectivity index is 1.40.